The van der Waals surface area contributed by atoms with E-state index in [0.717, 1.165) is 22.2 Å². The minimum atomic E-state index is 0.241. The van der Waals surface area contributed by atoms with Crippen LogP contribution in [0.2, 0.25) is 0 Å². The minimum Gasteiger partial charge on any atom is -0.508 e. The van der Waals surface area contributed by atoms with E-state index in [-0.39, 0.29) is 5.75 Å². The molecule has 3 aromatic rings. The fourth-order valence-corrected chi connectivity index (χ4v) is 1.81. The summed E-state index contributed by atoms with van der Waals surface area (Å²) in [6.07, 6.45) is 1.86. The lowest BCUT2D eigenvalue weighted by molar-refractivity contribution is 0.476. The van der Waals surface area contributed by atoms with Gasteiger partial charge in [-0.15, -0.1) is 0 Å². The second-order valence-electron chi connectivity index (χ2n) is 3.64. The standard InChI is InChI=1S/C11H10N4O/c12-11-4-10(14-15-11)8-5-13-9-3-6(16)1-2-7(8)9/h1-5,13,16H,(H3,12,14,15). The summed E-state index contributed by atoms with van der Waals surface area (Å²) >= 11 is 0. The first-order valence-electron chi connectivity index (χ1n) is 4.85. The molecule has 0 spiro atoms. The first-order valence-corrected chi connectivity index (χ1v) is 4.85. The van der Waals surface area contributed by atoms with Crippen LogP contribution in [0, 0.1) is 0 Å². The molecular weight excluding hydrogens is 204 g/mol. The summed E-state index contributed by atoms with van der Waals surface area (Å²) in [6.45, 7) is 0. The molecule has 2 heterocycles. The van der Waals surface area contributed by atoms with Gasteiger partial charge in [0.2, 0.25) is 0 Å². The Morgan fingerprint density at radius 3 is 2.88 bits per heavy atom. The lowest BCUT2D eigenvalue weighted by Crippen LogP contribution is -1.81. The minimum absolute atomic E-state index is 0.241. The molecule has 3 rings (SSSR count). The van der Waals surface area contributed by atoms with Crippen LogP contribution in [-0.2, 0) is 0 Å². The van der Waals surface area contributed by atoms with E-state index >= 15 is 0 Å². The van der Waals surface area contributed by atoms with Crippen LogP contribution >= 0.6 is 0 Å². The number of nitrogens with two attached hydrogens (primary N) is 1. The second kappa shape index (κ2) is 3.03. The van der Waals surface area contributed by atoms with Crippen LogP contribution in [-0.4, -0.2) is 20.3 Å². The Labute approximate surface area is 90.9 Å². The van der Waals surface area contributed by atoms with Crippen LogP contribution in [0.4, 0.5) is 5.82 Å². The predicted octanol–water partition coefficient (Wildman–Crippen LogP) is 1.85. The van der Waals surface area contributed by atoms with Crippen molar-refractivity contribution in [2.45, 2.75) is 0 Å². The topological polar surface area (TPSA) is 90.7 Å². The molecule has 0 aliphatic carbocycles. The largest absolute Gasteiger partial charge is 0.508 e. The normalized spacial score (nSPS) is 11.0. The number of aromatic amines is 2. The fraction of sp³-hybridized carbons (Fsp3) is 0. The van der Waals surface area contributed by atoms with Crippen molar-refractivity contribution in [3.8, 4) is 17.0 Å². The zero-order valence-electron chi connectivity index (χ0n) is 8.36. The third-order valence-electron chi connectivity index (χ3n) is 2.55. The second-order valence-corrected chi connectivity index (χ2v) is 3.64. The number of H-pyrrole nitrogens is 2. The van der Waals surface area contributed by atoms with Gasteiger partial charge in [0.05, 0.1) is 5.69 Å². The quantitative estimate of drug-likeness (QED) is 0.498. The van der Waals surface area contributed by atoms with Crippen LogP contribution in [0.15, 0.2) is 30.5 Å². The van der Waals surface area contributed by atoms with E-state index in [2.05, 4.69) is 15.2 Å². The molecule has 5 nitrogen and oxygen atoms in total. The molecule has 5 N–H and O–H groups in total. The molecule has 1 aromatic carbocycles. The highest BCUT2D eigenvalue weighted by Crippen LogP contribution is 2.29. The zero-order chi connectivity index (χ0) is 11.1. The first-order chi connectivity index (χ1) is 7.74. The van der Waals surface area contributed by atoms with Gasteiger partial charge < -0.3 is 15.8 Å². The maximum absolute atomic E-state index is 9.35. The molecule has 0 saturated carbocycles. The maximum Gasteiger partial charge on any atom is 0.145 e. The summed E-state index contributed by atoms with van der Waals surface area (Å²) in [5, 5.41) is 17.1. The molecule has 0 unspecified atom stereocenters. The number of nitrogens with zero attached hydrogens (tertiary/aromatic N) is 1. The van der Waals surface area contributed by atoms with Crippen molar-refractivity contribution in [2.24, 2.45) is 0 Å². The van der Waals surface area contributed by atoms with Crippen LogP contribution < -0.4 is 5.73 Å². The van der Waals surface area contributed by atoms with Crippen molar-refractivity contribution in [3.05, 3.63) is 30.5 Å². The molecule has 0 amide bonds. The number of phenolic OH excluding ortho intramolecular Hbond substituents is 1. The third kappa shape index (κ3) is 1.22. The molecule has 16 heavy (non-hydrogen) atoms. The molecule has 0 saturated heterocycles. The Kier molecular flexibility index (Phi) is 1.67. The van der Waals surface area contributed by atoms with Gasteiger partial charge in [-0.25, -0.2) is 0 Å². The number of nitrogen functional groups attached to an aromatic ring is 1. The lowest BCUT2D eigenvalue weighted by atomic mass is 10.1. The lowest BCUT2D eigenvalue weighted by Gasteiger charge is -1.95. The van der Waals surface area contributed by atoms with Crippen LogP contribution in [0.25, 0.3) is 22.2 Å². The Morgan fingerprint density at radius 2 is 2.12 bits per heavy atom. The summed E-state index contributed by atoms with van der Waals surface area (Å²) in [6, 6.07) is 6.96. The maximum atomic E-state index is 9.35. The number of hydrogen-bond acceptors (Lipinski definition) is 3. The van der Waals surface area contributed by atoms with Crippen LogP contribution in [0.1, 0.15) is 0 Å². The summed E-state index contributed by atoms with van der Waals surface area (Å²) in [5.74, 6) is 0.702. The zero-order valence-corrected chi connectivity index (χ0v) is 8.36. The Balaban J connectivity index is 2.25. The van der Waals surface area contributed by atoms with E-state index in [9.17, 15) is 5.11 Å². The summed E-state index contributed by atoms with van der Waals surface area (Å²) in [4.78, 5) is 3.09. The molecule has 80 valence electrons. The Hall–Kier alpha value is -2.43. The highest BCUT2D eigenvalue weighted by atomic mass is 16.3. The van der Waals surface area contributed by atoms with E-state index in [1.807, 2.05) is 12.3 Å². The van der Waals surface area contributed by atoms with Crippen molar-refractivity contribution in [3.63, 3.8) is 0 Å². The molecule has 0 bridgehead atoms. The van der Waals surface area contributed by atoms with Gasteiger partial charge in [0.25, 0.3) is 0 Å². The molecular formula is C11H10N4O. The van der Waals surface area contributed by atoms with Crippen molar-refractivity contribution in [1.82, 2.24) is 15.2 Å². The van der Waals surface area contributed by atoms with Gasteiger partial charge in [0.1, 0.15) is 11.6 Å². The number of aromatic hydroxyl groups is 1. The number of rotatable bonds is 1. The predicted molar refractivity (Wildman–Crippen MR) is 62.0 cm³/mol. The molecule has 0 atom stereocenters. The number of benzene rings is 1. The molecule has 2 aromatic heterocycles. The van der Waals surface area contributed by atoms with E-state index in [1.54, 1.807) is 18.2 Å². The van der Waals surface area contributed by atoms with Gasteiger partial charge in [-0.1, -0.05) is 0 Å². The number of hydrogen-bond donors (Lipinski definition) is 4. The summed E-state index contributed by atoms with van der Waals surface area (Å²) < 4.78 is 0. The smallest absolute Gasteiger partial charge is 0.145 e. The number of fused-ring (bicyclic) bond motifs is 1. The van der Waals surface area contributed by atoms with E-state index in [4.69, 9.17) is 5.73 Å². The number of anilines is 1. The summed E-state index contributed by atoms with van der Waals surface area (Å²) in [7, 11) is 0. The fourth-order valence-electron chi connectivity index (χ4n) is 1.81. The monoisotopic (exact) mass is 214 g/mol. The molecule has 5 heteroatoms. The van der Waals surface area contributed by atoms with Crippen LogP contribution in [0.3, 0.4) is 0 Å². The highest BCUT2D eigenvalue weighted by molar-refractivity contribution is 5.95. The molecule has 0 radical (unpaired) electrons. The van der Waals surface area contributed by atoms with Gasteiger partial charge in [-0.3, -0.25) is 5.10 Å². The van der Waals surface area contributed by atoms with Gasteiger partial charge in [0, 0.05) is 34.8 Å². The van der Waals surface area contributed by atoms with Gasteiger partial charge in [-0.2, -0.15) is 5.10 Å². The van der Waals surface area contributed by atoms with Gasteiger partial charge in [-0.05, 0) is 12.1 Å². The van der Waals surface area contributed by atoms with Gasteiger partial charge >= 0.3 is 0 Å². The highest BCUT2D eigenvalue weighted by Gasteiger charge is 2.08. The van der Waals surface area contributed by atoms with Crippen molar-refractivity contribution in [1.29, 1.82) is 0 Å². The summed E-state index contributed by atoms with van der Waals surface area (Å²) in [5.41, 5.74) is 8.28. The molecule has 0 aliphatic rings. The van der Waals surface area contributed by atoms with Crippen LogP contribution in [0.5, 0.6) is 5.75 Å². The SMILES string of the molecule is Nc1cc(-c2c[nH]c3cc(O)ccc23)[nH]n1. The molecule has 0 aliphatic heterocycles. The number of nitrogens with one attached hydrogen (secondary N) is 2. The number of phenols is 1. The average molecular weight is 214 g/mol. The third-order valence-corrected chi connectivity index (χ3v) is 2.55. The van der Waals surface area contributed by atoms with Crippen molar-refractivity contribution < 1.29 is 5.11 Å². The Bertz CT molecular complexity index is 653. The molecule has 0 fully saturated rings. The van der Waals surface area contributed by atoms with E-state index < -0.39 is 0 Å². The number of aromatic nitrogens is 3. The Morgan fingerprint density at radius 1 is 1.25 bits per heavy atom. The van der Waals surface area contributed by atoms with E-state index in [0.29, 0.717) is 5.82 Å². The van der Waals surface area contributed by atoms with Gasteiger partial charge in [0.15, 0.2) is 0 Å². The first kappa shape index (κ1) is 8.84. The van der Waals surface area contributed by atoms with Crippen molar-refractivity contribution in [2.75, 3.05) is 5.73 Å². The van der Waals surface area contributed by atoms with E-state index in [1.165, 1.54) is 0 Å². The van der Waals surface area contributed by atoms with Crippen molar-refractivity contribution >= 4 is 16.7 Å². The average Bonchev–Trinajstić information content (AvgIpc) is 2.83.